The number of nitrogens with two attached hydrogens (primary N) is 1. The van der Waals surface area contributed by atoms with Crippen molar-refractivity contribution >= 4 is 27.4 Å². The largest absolute Gasteiger partial charge is 0.508 e. The van der Waals surface area contributed by atoms with Gasteiger partial charge in [-0.05, 0) is 48.5 Å². The van der Waals surface area contributed by atoms with Gasteiger partial charge in [-0.3, -0.25) is 9.11 Å². The first-order valence-electron chi connectivity index (χ1n) is 8.19. The Morgan fingerprint density at radius 3 is 1.63 bits per heavy atom. The van der Waals surface area contributed by atoms with Crippen LogP contribution >= 0.6 is 0 Å². The SMILES string of the molecule is Nc1ncnc2nc(-c3ccc(O)cc3)c(-c3ccc(O)cc3)nc12.O=S(=O)(O)O. The highest BCUT2D eigenvalue weighted by Gasteiger charge is 2.15. The van der Waals surface area contributed by atoms with Crippen molar-refractivity contribution in [1.82, 2.24) is 19.9 Å². The maximum atomic E-state index is 9.53. The zero-order chi connectivity index (χ0) is 21.9. The average Bonchev–Trinajstić information content (AvgIpc) is 2.67. The molecule has 0 spiro atoms. The Kier molecular flexibility index (Phi) is 5.73. The van der Waals surface area contributed by atoms with Crippen LogP contribution in [0.3, 0.4) is 0 Å². The standard InChI is InChI=1S/C18H13N5O2.H2O4S/c19-17-16-18(21-9-20-17)23-15(11-3-7-13(25)8-4-11)14(22-16)10-1-5-12(24)6-2-10;1-5(2,3)4/h1-9,24-25H,(H2,19,20,21,23);(H2,1,2,3,4). The number of aromatic nitrogens is 4. The minimum absolute atomic E-state index is 0.159. The third-order valence-corrected chi connectivity index (χ3v) is 3.78. The smallest absolute Gasteiger partial charge is 0.394 e. The topological polar surface area (TPSA) is 193 Å². The highest BCUT2D eigenvalue weighted by molar-refractivity contribution is 7.79. The van der Waals surface area contributed by atoms with Gasteiger partial charge in [0.2, 0.25) is 0 Å². The number of phenolic OH excluding ortho intramolecular Hbond substituents is 2. The van der Waals surface area contributed by atoms with E-state index in [4.69, 9.17) is 23.3 Å². The van der Waals surface area contributed by atoms with Gasteiger partial charge < -0.3 is 15.9 Å². The highest BCUT2D eigenvalue weighted by Crippen LogP contribution is 2.32. The third kappa shape index (κ3) is 5.14. The summed E-state index contributed by atoms with van der Waals surface area (Å²) in [6.45, 7) is 0. The van der Waals surface area contributed by atoms with Crippen molar-refractivity contribution in [1.29, 1.82) is 0 Å². The van der Waals surface area contributed by atoms with Crippen molar-refractivity contribution in [2.24, 2.45) is 0 Å². The summed E-state index contributed by atoms with van der Waals surface area (Å²) in [6, 6.07) is 13.3. The number of nitrogen functional groups attached to an aromatic ring is 1. The van der Waals surface area contributed by atoms with Crippen LogP contribution in [0.15, 0.2) is 54.9 Å². The molecular weight excluding hydrogens is 414 g/mol. The molecule has 2 aromatic carbocycles. The van der Waals surface area contributed by atoms with Crippen LogP contribution in [0, 0.1) is 0 Å². The van der Waals surface area contributed by atoms with Crippen LogP contribution < -0.4 is 5.73 Å². The Balaban J connectivity index is 0.000000461. The van der Waals surface area contributed by atoms with Gasteiger partial charge in [0.25, 0.3) is 0 Å². The van der Waals surface area contributed by atoms with E-state index in [-0.39, 0.29) is 17.3 Å². The Bertz CT molecular complexity index is 1290. The number of phenols is 2. The van der Waals surface area contributed by atoms with Gasteiger partial charge in [-0.15, -0.1) is 0 Å². The van der Waals surface area contributed by atoms with Crippen molar-refractivity contribution in [2.45, 2.75) is 0 Å². The molecule has 0 saturated heterocycles. The predicted octanol–water partition coefficient (Wildman–Crippen LogP) is 2.09. The molecule has 0 radical (unpaired) electrons. The quantitative estimate of drug-likeness (QED) is 0.293. The second-order valence-corrected chi connectivity index (χ2v) is 6.79. The summed E-state index contributed by atoms with van der Waals surface area (Å²) in [5, 5.41) is 19.1. The lowest BCUT2D eigenvalue weighted by Gasteiger charge is -2.11. The summed E-state index contributed by atoms with van der Waals surface area (Å²) in [6.07, 6.45) is 1.34. The first-order valence-corrected chi connectivity index (χ1v) is 9.58. The van der Waals surface area contributed by atoms with Gasteiger partial charge in [-0.1, -0.05) is 0 Å². The van der Waals surface area contributed by atoms with Crippen LogP contribution in [-0.2, 0) is 10.4 Å². The summed E-state index contributed by atoms with van der Waals surface area (Å²) >= 11 is 0. The Morgan fingerprint density at radius 1 is 0.733 bits per heavy atom. The van der Waals surface area contributed by atoms with Crippen molar-refractivity contribution in [3.05, 3.63) is 54.9 Å². The fourth-order valence-electron chi connectivity index (χ4n) is 2.54. The lowest BCUT2D eigenvalue weighted by Crippen LogP contribution is -2.01. The molecule has 2 aromatic heterocycles. The van der Waals surface area contributed by atoms with E-state index >= 15 is 0 Å². The van der Waals surface area contributed by atoms with E-state index in [1.165, 1.54) is 6.33 Å². The van der Waals surface area contributed by atoms with Crippen LogP contribution in [0.4, 0.5) is 5.82 Å². The molecule has 0 aliphatic heterocycles. The number of hydrogen-bond acceptors (Lipinski definition) is 9. The van der Waals surface area contributed by atoms with Gasteiger partial charge in [-0.2, -0.15) is 8.42 Å². The molecule has 6 N–H and O–H groups in total. The molecule has 154 valence electrons. The Labute approximate surface area is 170 Å². The lowest BCUT2D eigenvalue weighted by atomic mass is 10.0. The molecule has 30 heavy (non-hydrogen) atoms. The zero-order valence-electron chi connectivity index (χ0n) is 15.1. The molecule has 0 aliphatic carbocycles. The number of benzene rings is 2. The van der Waals surface area contributed by atoms with E-state index in [1.54, 1.807) is 48.5 Å². The van der Waals surface area contributed by atoms with Crippen LogP contribution in [0.25, 0.3) is 33.7 Å². The van der Waals surface area contributed by atoms with Gasteiger partial charge >= 0.3 is 10.4 Å². The van der Waals surface area contributed by atoms with E-state index in [9.17, 15) is 10.2 Å². The van der Waals surface area contributed by atoms with Crippen LogP contribution in [0.5, 0.6) is 11.5 Å². The second kappa shape index (κ2) is 8.24. The summed E-state index contributed by atoms with van der Waals surface area (Å²) in [5.41, 5.74) is 9.42. The number of aromatic hydroxyl groups is 2. The van der Waals surface area contributed by atoms with Gasteiger partial charge in [0, 0.05) is 11.1 Å². The first kappa shape index (κ1) is 20.9. The maximum absolute atomic E-state index is 9.53. The van der Waals surface area contributed by atoms with Crippen LogP contribution in [0.2, 0.25) is 0 Å². The van der Waals surface area contributed by atoms with Gasteiger partial charge in [0.15, 0.2) is 17.0 Å². The van der Waals surface area contributed by atoms with Crippen LogP contribution in [0.1, 0.15) is 0 Å². The zero-order valence-corrected chi connectivity index (χ0v) is 15.9. The van der Waals surface area contributed by atoms with Crippen molar-refractivity contribution < 1.29 is 27.7 Å². The number of fused-ring (bicyclic) bond motifs is 1. The average molecular weight is 429 g/mol. The number of nitrogens with zero attached hydrogens (tertiary/aromatic N) is 4. The fourth-order valence-corrected chi connectivity index (χ4v) is 2.54. The molecule has 0 atom stereocenters. The summed E-state index contributed by atoms with van der Waals surface area (Å²) in [5.74, 6) is 0.566. The number of rotatable bonds is 2. The molecule has 0 aliphatic rings. The van der Waals surface area contributed by atoms with Crippen LogP contribution in [-0.4, -0.2) is 47.7 Å². The number of anilines is 1. The van der Waals surface area contributed by atoms with Gasteiger partial charge in [0.05, 0.1) is 11.4 Å². The normalized spacial score (nSPS) is 11.0. The van der Waals surface area contributed by atoms with E-state index < -0.39 is 10.4 Å². The van der Waals surface area contributed by atoms with Crippen molar-refractivity contribution in [2.75, 3.05) is 5.73 Å². The molecule has 0 unspecified atom stereocenters. The molecule has 0 fully saturated rings. The second-order valence-electron chi connectivity index (χ2n) is 5.89. The van der Waals surface area contributed by atoms with E-state index in [0.717, 1.165) is 11.1 Å². The monoisotopic (exact) mass is 429 g/mol. The molecule has 0 bridgehead atoms. The van der Waals surface area contributed by atoms with Crippen molar-refractivity contribution in [3.63, 3.8) is 0 Å². The molecule has 11 nitrogen and oxygen atoms in total. The molecular formula is C18H15N5O6S. The molecule has 2 heterocycles. The van der Waals surface area contributed by atoms with Gasteiger partial charge in [-0.25, -0.2) is 19.9 Å². The Hall–Kier alpha value is -3.87. The predicted molar refractivity (Wildman–Crippen MR) is 108 cm³/mol. The highest BCUT2D eigenvalue weighted by atomic mass is 32.3. The molecule has 0 saturated carbocycles. The lowest BCUT2D eigenvalue weighted by molar-refractivity contribution is 0.381. The molecule has 12 heteroatoms. The third-order valence-electron chi connectivity index (χ3n) is 3.78. The minimum atomic E-state index is -4.67. The maximum Gasteiger partial charge on any atom is 0.394 e. The summed E-state index contributed by atoms with van der Waals surface area (Å²) in [7, 11) is -4.67. The molecule has 0 amide bonds. The van der Waals surface area contributed by atoms with E-state index in [2.05, 4.69) is 19.9 Å². The van der Waals surface area contributed by atoms with Crippen molar-refractivity contribution in [3.8, 4) is 34.0 Å². The summed E-state index contributed by atoms with van der Waals surface area (Å²) < 4.78 is 31.6. The first-order chi connectivity index (χ1) is 14.1. The minimum Gasteiger partial charge on any atom is -0.508 e. The van der Waals surface area contributed by atoms with Gasteiger partial charge in [0.1, 0.15) is 17.8 Å². The number of hydrogen-bond donors (Lipinski definition) is 5. The molecule has 4 rings (SSSR count). The Morgan fingerprint density at radius 2 is 1.17 bits per heavy atom. The van der Waals surface area contributed by atoms with E-state index in [1.807, 2.05) is 0 Å². The van der Waals surface area contributed by atoms with E-state index in [0.29, 0.717) is 22.6 Å². The fraction of sp³-hybridized carbons (Fsp3) is 0. The molecule has 4 aromatic rings. The summed E-state index contributed by atoms with van der Waals surface area (Å²) in [4.78, 5) is 17.3.